The zero-order valence-electron chi connectivity index (χ0n) is 12.7. The number of benzene rings is 1. The van der Waals surface area contributed by atoms with E-state index in [0.29, 0.717) is 12.0 Å². The number of carbonyl (C=O) groups is 1. The Labute approximate surface area is 134 Å². The Morgan fingerprint density at radius 1 is 1.38 bits per heavy atom. The topological polar surface area (TPSA) is 44.4 Å². The van der Waals surface area contributed by atoms with Crippen LogP contribution in [-0.4, -0.2) is 25.5 Å². The smallest absolute Gasteiger partial charge is 0.246 e. The Kier molecular flexibility index (Phi) is 3.97. The Morgan fingerprint density at radius 2 is 2.14 bits per heavy atom. The van der Waals surface area contributed by atoms with Crippen LogP contribution < -0.4 is 15.5 Å². The number of piperidine rings is 1. The molecule has 5 heteroatoms. The molecule has 2 heterocycles. The van der Waals surface area contributed by atoms with Crippen molar-refractivity contribution in [2.24, 2.45) is 5.92 Å². The van der Waals surface area contributed by atoms with Crippen molar-refractivity contribution in [3.05, 3.63) is 22.2 Å². The van der Waals surface area contributed by atoms with Crippen LogP contribution >= 0.6 is 15.9 Å². The van der Waals surface area contributed by atoms with Gasteiger partial charge in [0.2, 0.25) is 5.91 Å². The molecule has 0 aromatic heterocycles. The van der Waals surface area contributed by atoms with Crippen LogP contribution in [-0.2, 0) is 4.79 Å². The first-order valence-electron chi connectivity index (χ1n) is 7.61. The summed E-state index contributed by atoms with van der Waals surface area (Å²) in [4.78, 5) is 14.4. The summed E-state index contributed by atoms with van der Waals surface area (Å²) in [6.45, 7) is 5.68. The lowest BCUT2D eigenvalue weighted by Gasteiger charge is -2.40. The number of fused-ring (bicyclic) bond motifs is 1. The molecular weight excluding hydrogens is 330 g/mol. The number of hydrogen-bond acceptors (Lipinski definition) is 3. The maximum absolute atomic E-state index is 12.0. The highest BCUT2D eigenvalue weighted by Crippen LogP contribution is 2.41. The van der Waals surface area contributed by atoms with Crippen LogP contribution in [0.4, 0.5) is 11.4 Å². The molecule has 1 aromatic carbocycles. The fraction of sp³-hybridized carbons (Fsp3) is 0.562. The summed E-state index contributed by atoms with van der Waals surface area (Å²) >= 11 is 3.70. The Hall–Kier alpha value is -1.07. The van der Waals surface area contributed by atoms with Gasteiger partial charge in [0.05, 0.1) is 5.69 Å². The normalized spacial score (nSPS) is 28.5. The second-order valence-electron chi connectivity index (χ2n) is 6.16. The van der Waals surface area contributed by atoms with E-state index in [0.717, 1.165) is 22.3 Å². The van der Waals surface area contributed by atoms with Crippen LogP contribution in [0.15, 0.2) is 16.6 Å². The van der Waals surface area contributed by atoms with Crippen molar-refractivity contribution < 1.29 is 4.79 Å². The number of nitrogens with zero attached hydrogens (tertiary/aromatic N) is 1. The number of nitrogens with one attached hydrogen (secondary N) is 2. The number of carbonyl (C=O) groups excluding carboxylic acids is 1. The van der Waals surface area contributed by atoms with Crippen molar-refractivity contribution in [2.45, 2.75) is 38.8 Å². The highest BCUT2D eigenvalue weighted by atomic mass is 79.9. The van der Waals surface area contributed by atoms with Gasteiger partial charge in [0, 0.05) is 28.3 Å². The van der Waals surface area contributed by atoms with Gasteiger partial charge in [0.1, 0.15) is 6.04 Å². The second-order valence-corrected chi connectivity index (χ2v) is 7.01. The Balaban J connectivity index is 1.99. The number of halogens is 1. The van der Waals surface area contributed by atoms with E-state index in [2.05, 4.69) is 57.4 Å². The van der Waals surface area contributed by atoms with Crippen LogP contribution in [0.5, 0.6) is 0 Å². The van der Waals surface area contributed by atoms with Crippen molar-refractivity contribution in [3.63, 3.8) is 0 Å². The van der Waals surface area contributed by atoms with Gasteiger partial charge in [-0.15, -0.1) is 0 Å². The minimum absolute atomic E-state index is 0.0246. The number of hydrogen-bond donors (Lipinski definition) is 2. The third-order valence-electron chi connectivity index (χ3n) is 4.92. The summed E-state index contributed by atoms with van der Waals surface area (Å²) in [5, 5.41) is 6.05. The molecule has 1 fully saturated rings. The van der Waals surface area contributed by atoms with E-state index in [1.807, 2.05) is 7.05 Å². The standard InChI is InChI=1S/C16H22BrN3O/c1-9-5-4-6-20(10(9)2)14-8-13-11(7-12(14)17)15(18-3)16(21)19-13/h7-10,15,18H,4-6H2,1-3H3,(H,19,21). The van der Waals surface area contributed by atoms with Crippen molar-refractivity contribution in [2.75, 3.05) is 23.8 Å². The minimum atomic E-state index is -0.247. The van der Waals surface area contributed by atoms with E-state index in [9.17, 15) is 4.79 Å². The molecule has 4 nitrogen and oxygen atoms in total. The Bertz CT molecular complexity index is 575. The summed E-state index contributed by atoms with van der Waals surface area (Å²) in [5.74, 6) is 0.718. The van der Waals surface area contributed by atoms with E-state index in [-0.39, 0.29) is 11.9 Å². The first-order valence-corrected chi connectivity index (χ1v) is 8.40. The summed E-state index contributed by atoms with van der Waals surface area (Å²) in [6.07, 6.45) is 2.51. The van der Waals surface area contributed by atoms with Gasteiger partial charge in [-0.2, -0.15) is 0 Å². The highest BCUT2D eigenvalue weighted by molar-refractivity contribution is 9.10. The van der Waals surface area contributed by atoms with Gasteiger partial charge in [-0.1, -0.05) is 6.92 Å². The lowest BCUT2D eigenvalue weighted by Crippen LogP contribution is -2.42. The zero-order chi connectivity index (χ0) is 15.1. The maximum atomic E-state index is 12.0. The Morgan fingerprint density at radius 3 is 2.86 bits per heavy atom. The monoisotopic (exact) mass is 351 g/mol. The lowest BCUT2D eigenvalue weighted by atomic mass is 9.91. The average molecular weight is 352 g/mol. The van der Waals surface area contributed by atoms with Crippen molar-refractivity contribution in [3.8, 4) is 0 Å². The van der Waals surface area contributed by atoms with Crippen molar-refractivity contribution in [1.29, 1.82) is 0 Å². The first kappa shape index (κ1) is 14.9. The molecule has 0 bridgehead atoms. The molecule has 0 saturated carbocycles. The molecule has 1 amide bonds. The molecule has 2 aliphatic rings. The molecule has 1 saturated heterocycles. The minimum Gasteiger partial charge on any atom is -0.368 e. The molecule has 3 rings (SSSR count). The van der Waals surface area contributed by atoms with Gasteiger partial charge in [-0.3, -0.25) is 4.79 Å². The van der Waals surface area contributed by atoms with Crippen LogP contribution in [0.25, 0.3) is 0 Å². The second kappa shape index (κ2) is 5.61. The van der Waals surface area contributed by atoms with E-state index in [1.165, 1.54) is 18.5 Å². The molecule has 0 aliphatic carbocycles. The van der Waals surface area contributed by atoms with Gasteiger partial charge in [-0.25, -0.2) is 0 Å². The van der Waals surface area contributed by atoms with Crippen molar-refractivity contribution >= 4 is 33.2 Å². The van der Waals surface area contributed by atoms with E-state index in [1.54, 1.807) is 0 Å². The predicted molar refractivity (Wildman–Crippen MR) is 89.8 cm³/mol. The zero-order valence-corrected chi connectivity index (χ0v) is 14.3. The molecular formula is C16H22BrN3O. The van der Waals surface area contributed by atoms with Gasteiger partial charge in [0.15, 0.2) is 0 Å². The van der Waals surface area contributed by atoms with Gasteiger partial charge >= 0.3 is 0 Å². The predicted octanol–water partition coefficient (Wildman–Crippen LogP) is 3.29. The van der Waals surface area contributed by atoms with Crippen molar-refractivity contribution in [1.82, 2.24) is 5.32 Å². The number of rotatable bonds is 2. The van der Waals surface area contributed by atoms with E-state index >= 15 is 0 Å². The summed E-state index contributed by atoms with van der Waals surface area (Å²) in [6, 6.07) is 4.46. The fourth-order valence-corrected chi connectivity index (χ4v) is 4.04. The summed E-state index contributed by atoms with van der Waals surface area (Å²) < 4.78 is 1.07. The quantitative estimate of drug-likeness (QED) is 0.859. The molecule has 3 atom stereocenters. The molecule has 0 spiro atoms. The van der Waals surface area contributed by atoms with Gasteiger partial charge in [-0.05, 0) is 60.8 Å². The molecule has 2 aliphatic heterocycles. The number of amides is 1. The largest absolute Gasteiger partial charge is 0.368 e. The summed E-state index contributed by atoms with van der Waals surface area (Å²) in [7, 11) is 1.82. The molecule has 3 unspecified atom stereocenters. The average Bonchev–Trinajstić information content (AvgIpc) is 2.75. The van der Waals surface area contributed by atoms with Crippen LogP contribution in [0, 0.1) is 5.92 Å². The number of anilines is 2. The van der Waals surface area contributed by atoms with Crippen LogP contribution in [0.2, 0.25) is 0 Å². The van der Waals surface area contributed by atoms with E-state index < -0.39 is 0 Å². The van der Waals surface area contributed by atoms with Gasteiger partial charge < -0.3 is 15.5 Å². The number of likely N-dealkylation sites (N-methyl/N-ethyl adjacent to an activating group) is 1. The summed E-state index contributed by atoms with van der Waals surface area (Å²) in [5.41, 5.74) is 3.14. The maximum Gasteiger partial charge on any atom is 0.246 e. The van der Waals surface area contributed by atoms with Gasteiger partial charge in [0.25, 0.3) is 0 Å². The molecule has 21 heavy (non-hydrogen) atoms. The third kappa shape index (κ3) is 2.46. The third-order valence-corrected chi connectivity index (χ3v) is 5.56. The fourth-order valence-electron chi connectivity index (χ4n) is 3.45. The molecule has 1 aromatic rings. The van der Waals surface area contributed by atoms with Crippen LogP contribution in [0.3, 0.4) is 0 Å². The first-order chi connectivity index (χ1) is 10.0. The SMILES string of the molecule is CNC1C(=O)Nc2cc(N3CCCC(C)C3C)c(Br)cc21. The molecule has 114 valence electrons. The lowest BCUT2D eigenvalue weighted by molar-refractivity contribution is -0.117. The van der Waals surface area contributed by atoms with E-state index in [4.69, 9.17) is 0 Å². The van der Waals surface area contributed by atoms with Crippen LogP contribution in [0.1, 0.15) is 38.3 Å². The molecule has 2 N–H and O–H groups in total. The highest BCUT2D eigenvalue weighted by Gasteiger charge is 2.32. The molecule has 0 radical (unpaired) electrons.